The van der Waals surface area contributed by atoms with Gasteiger partial charge in [0.25, 0.3) is 0 Å². The van der Waals surface area contributed by atoms with E-state index in [0.29, 0.717) is 0 Å². The molecule has 0 saturated heterocycles. The second-order valence-electron chi connectivity index (χ2n) is 3.31. The van der Waals surface area contributed by atoms with Gasteiger partial charge in [0.2, 0.25) is 0 Å². The zero-order valence-electron chi connectivity index (χ0n) is 11.1. The van der Waals surface area contributed by atoms with Crippen molar-refractivity contribution < 1.29 is 12.8 Å². The normalized spacial score (nSPS) is 9.40. The second kappa shape index (κ2) is 8.08. The number of unbranched alkanes of at least 4 members (excludes halogenated alkanes) is 2. The fourth-order valence-electron chi connectivity index (χ4n) is 1.28. The van der Waals surface area contributed by atoms with Crippen molar-refractivity contribution >= 4 is 43.7 Å². The van der Waals surface area contributed by atoms with E-state index in [1.165, 1.54) is 12.8 Å². The molecule has 4 heteroatoms. The number of aromatic carboxylic acids is 1. The van der Waals surface area contributed by atoms with E-state index in [-0.39, 0.29) is 46.3 Å². The Kier molecular flexibility index (Phi) is 8.02. The molecule has 0 aliphatic carbocycles. The summed E-state index contributed by atoms with van der Waals surface area (Å²) >= 11 is 0. The SMILES string of the molecule is CCCCCc1ccc(C(=O)O)nc1.[Ca+2].[H-].[H-]. The van der Waals surface area contributed by atoms with Gasteiger partial charge in [0.05, 0.1) is 0 Å². The van der Waals surface area contributed by atoms with Crippen molar-refractivity contribution in [3.8, 4) is 0 Å². The number of rotatable bonds is 5. The molecule has 15 heavy (non-hydrogen) atoms. The van der Waals surface area contributed by atoms with Gasteiger partial charge in [-0.1, -0.05) is 25.8 Å². The van der Waals surface area contributed by atoms with Crippen LogP contribution in [0.3, 0.4) is 0 Å². The van der Waals surface area contributed by atoms with Crippen molar-refractivity contribution in [3.63, 3.8) is 0 Å². The van der Waals surface area contributed by atoms with Crippen LogP contribution in [-0.4, -0.2) is 53.8 Å². The Morgan fingerprint density at radius 2 is 2.20 bits per heavy atom. The van der Waals surface area contributed by atoms with Gasteiger partial charge in [-0.15, -0.1) is 0 Å². The minimum atomic E-state index is -0.967. The number of aromatic nitrogens is 1. The number of carboxylic acids is 1. The molecule has 1 N–H and O–H groups in total. The summed E-state index contributed by atoms with van der Waals surface area (Å²) in [5.74, 6) is -0.967. The fourth-order valence-corrected chi connectivity index (χ4v) is 1.28. The number of hydrogen-bond acceptors (Lipinski definition) is 2. The van der Waals surface area contributed by atoms with Crippen LogP contribution < -0.4 is 0 Å². The maximum absolute atomic E-state index is 10.5. The van der Waals surface area contributed by atoms with E-state index in [0.717, 1.165) is 18.4 Å². The number of hydrogen-bond donors (Lipinski definition) is 1. The van der Waals surface area contributed by atoms with Crippen molar-refractivity contribution in [1.29, 1.82) is 0 Å². The first kappa shape index (κ1) is 14.9. The molecule has 1 aromatic heterocycles. The number of pyridine rings is 1. The molecule has 0 aliphatic heterocycles. The van der Waals surface area contributed by atoms with Gasteiger partial charge in [-0.05, 0) is 24.5 Å². The average molecular weight is 235 g/mol. The van der Waals surface area contributed by atoms with Crippen molar-refractivity contribution in [2.75, 3.05) is 0 Å². The topological polar surface area (TPSA) is 50.2 Å². The third kappa shape index (κ3) is 5.50. The molecule has 1 rings (SSSR count). The molecule has 80 valence electrons. The minimum Gasteiger partial charge on any atom is -1.00 e. The molecule has 0 amide bonds. The van der Waals surface area contributed by atoms with E-state index >= 15 is 0 Å². The van der Waals surface area contributed by atoms with Crippen LogP contribution in [0.25, 0.3) is 0 Å². The average Bonchev–Trinajstić information content (AvgIpc) is 2.19. The first-order valence-corrected chi connectivity index (χ1v) is 4.92. The maximum Gasteiger partial charge on any atom is 2.00 e. The third-order valence-electron chi connectivity index (χ3n) is 2.11. The minimum absolute atomic E-state index is 0. The van der Waals surface area contributed by atoms with Crippen LogP contribution in [0.15, 0.2) is 18.3 Å². The van der Waals surface area contributed by atoms with Crippen LogP contribution in [0.1, 0.15) is 45.1 Å². The van der Waals surface area contributed by atoms with Crippen LogP contribution >= 0.6 is 0 Å². The van der Waals surface area contributed by atoms with E-state index in [1.807, 2.05) is 6.07 Å². The largest absolute Gasteiger partial charge is 2.00 e. The third-order valence-corrected chi connectivity index (χ3v) is 2.11. The molecular formula is C11H17CaNO2. The molecule has 0 atom stereocenters. The molecular weight excluding hydrogens is 218 g/mol. The molecule has 0 aliphatic rings. The first-order valence-electron chi connectivity index (χ1n) is 4.92. The predicted octanol–water partition coefficient (Wildman–Crippen LogP) is 2.36. The van der Waals surface area contributed by atoms with Crippen LogP contribution in [-0.2, 0) is 6.42 Å². The fraction of sp³-hybridized carbons (Fsp3) is 0.455. The Balaban J connectivity index is -0.000000653. The monoisotopic (exact) mass is 235 g/mol. The maximum atomic E-state index is 10.5. The van der Waals surface area contributed by atoms with Crippen molar-refractivity contribution in [2.24, 2.45) is 0 Å². The predicted molar refractivity (Wildman–Crippen MR) is 62.4 cm³/mol. The Hall–Kier alpha value is -0.120. The van der Waals surface area contributed by atoms with Crippen LogP contribution in [0.5, 0.6) is 0 Å². The zero-order chi connectivity index (χ0) is 10.4. The Morgan fingerprint density at radius 3 is 2.67 bits per heavy atom. The van der Waals surface area contributed by atoms with Crippen molar-refractivity contribution in [1.82, 2.24) is 4.98 Å². The Bertz CT molecular complexity index is 307. The molecule has 0 spiro atoms. The summed E-state index contributed by atoms with van der Waals surface area (Å²) in [7, 11) is 0. The molecule has 0 aromatic carbocycles. The molecule has 0 fully saturated rings. The molecule has 1 aromatic rings. The van der Waals surface area contributed by atoms with Gasteiger partial charge < -0.3 is 7.96 Å². The van der Waals surface area contributed by atoms with Crippen molar-refractivity contribution in [2.45, 2.75) is 32.6 Å². The van der Waals surface area contributed by atoms with Gasteiger partial charge in [-0.2, -0.15) is 0 Å². The quantitative estimate of drug-likeness (QED) is 0.629. The molecule has 0 bridgehead atoms. The zero-order valence-corrected chi connectivity index (χ0v) is 11.3. The summed E-state index contributed by atoms with van der Waals surface area (Å²) in [5, 5.41) is 8.63. The summed E-state index contributed by atoms with van der Waals surface area (Å²) in [6.45, 7) is 2.16. The first-order chi connectivity index (χ1) is 6.74. The van der Waals surface area contributed by atoms with Crippen LogP contribution in [0.4, 0.5) is 0 Å². The van der Waals surface area contributed by atoms with E-state index in [4.69, 9.17) is 5.11 Å². The Labute approximate surface area is 123 Å². The van der Waals surface area contributed by atoms with Crippen LogP contribution in [0.2, 0.25) is 0 Å². The van der Waals surface area contributed by atoms with Gasteiger partial charge in [-0.25, -0.2) is 9.78 Å². The number of carboxylic acid groups (broad SMARTS) is 1. The summed E-state index contributed by atoms with van der Waals surface area (Å²) < 4.78 is 0. The van der Waals surface area contributed by atoms with Crippen LogP contribution in [0, 0.1) is 0 Å². The summed E-state index contributed by atoms with van der Waals surface area (Å²) in [5.41, 5.74) is 1.23. The number of aryl methyl sites for hydroxylation is 1. The van der Waals surface area contributed by atoms with Gasteiger partial charge >= 0.3 is 43.7 Å². The van der Waals surface area contributed by atoms with Crippen molar-refractivity contribution in [3.05, 3.63) is 29.6 Å². The smallest absolute Gasteiger partial charge is 1.00 e. The molecule has 0 radical (unpaired) electrons. The summed E-state index contributed by atoms with van der Waals surface area (Å²) in [4.78, 5) is 14.4. The standard InChI is InChI=1S/C11H15NO2.Ca.2H/c1-2-3-4-5-9-6-7-10(11(13)14)12-8-9;;;/h6-8H,2-5H2,1H3,(H,13,14);;;/q;+2;2*-1. The van der Waals surface area contributed by atoms with Gasteiger partial charge in [0.15, 0.2) is 0 Å². The number of carbonyl (C=O) groups is 1. The van der Waals surface area contributed by atoms with E-state index < -0.39 is 5.97 Å². The molecule has 0 saturated carbocycles. The Morgan fingerprint density at radius 1 is 1.47 bits per heavy atom. The second-order valence-corrected chi connectivity index (χ2v) is 3.31. The van der Waals surface area contributed by atoms with Gasteiger partial charge in [0.1, 0.15) is 5.69 Å². The summed E-state index contributed by atoms with van der Waals surface area (Å²) in [6.07, 6.45) is 6.19. The van der Waals surface area contributed by atoms with Gasteiger partial charge in [-0.3, -0.25) is 0 Å². The molecule has 1 heterocycles. The molecule has 0 unspecified atom stereocenters. The van der Waals surface area contributed by atoms with E-state index in [9.17, 15) is 4.79 Å². The van der Waals surface area contributed by atoms with Gasteiger partial charge in [0, 0.05) is 6.20 Å². The van der Waals surface area contributed by atoms with E-state index in [1.54, 1.807) is 12.3 Å². The number of nitrogens with zero attached hydrogens (tertiary/aromatic N) is 1. The summed E-state index contributed by atoms with van der Waals surface area (Å²) in [6, 6.07) is 3.40. The molecule has 3 nitrogen and oxygen atoms in total. The van der Waals surface area contributed by atoms with E-state index in [2.05, 4.69) is 11.9 Å².